The molecule has 1 aliphatic heterocycles. The van der Waals surface area contributed by atoms with Crippen LogP contribution >= 0.6 is 22.6 Å². The molecule has 0 aliphatic carbocycles. The second-order valence-corrected chi connectivity index (χ2v) is 3.73. The van der Waals surface area contributed by atoms with E-state index < -0.39 is 0 Å². The maximum atomic E-state index is 12.7. The highest BCUT2D eigenvalue weighted by molar-refractivity contribution is 14.1. The van der Waals surface area contributed by atoms with Gasteiger partial charge in [0.25, 0.3) is 0 Å². The van der Waals surface area contributed by atoms with Gasteiger partial charge in [-0.1, -0.05) is 22.6 Å². The van der Waals surface area contributed by atoms with Crippen LogP contribution in [-0.2, 0) is 6.42 Å². The monoisotopic (exact) mass is 278 g/mol. The zero-order valence-corrected chi connectivity index (χ0v) is 8.55. The van der Waals surface area contributed by atoms with Crippen molar-refractivity contribution < 1.29 is 9.13 Å². The summed E-state index contributed by atoms with van der Waals surface area (Å²) in [4.78, 5) is 0. The van der Waals surface area contributed by atoms with Gasteiger partial charge >= 0.3 is 0 Å². The van der Waals surface area contributed by atoms with E-state index in [4.69, 9.17) is 4.74 Å². The Bertz CT molecular complexity index is 301. The van der Waals surface area contributed by atoms with Gasteiger partial charge in [0.2, 0.25) is 0 Å². The van der Waals surface area contributed by atoms with Gasteiger partial charge in [-0.15, -0.1) is 0 Å². The fraction of sp³-hybridized carbons (Fsp3) is 0.333. The summed E-state index contributed by atoms with van der Waals surface area (Å²) in [6.07, 6.45) is 1.08. The average molecular weight is 278 g/mol. The van der Waals surface area contributed by atoms with Gasteiger partial charge in [0.1, 0.15) is 17.7 Å². The molecule has 1 nitrogen and oxygen atoms in total. The topological polar surface area (TPSA) is 9.23 Å². The lowest BCUT2D eigenvalue weighted by Gasteiger charge is -2.04. The van der Waals surface area contributed by atoms with Crippen LogP contribution in [0, 0.1) is 5.82 Å². The molecule has 0 spiro atoms. The van der Waals surface area contributed by atoms with E-state index in [2.05, 4.69) is 22.6 Å². The average Bonchev–Trinajstić information content (AvgIpc) is 2.46. The molecule has 64 valence electrons. The molecule has 0 radical (unpaired) electrons. The van der Waals surface area contributed by atoms with E-state index in [9.17, 15) is 4.39 Å². The van der Waals surface area contributed by atoms with Crippen LogP contribution < -0.4 is 4.74 Å². The second kappa shape index (κ2) is 3.20. The lowest BCUT2D eigenvalue weighted by molar-refractivity contribution is 0.262. The molecule has 0 N–H and O–H groups in total. The molecule has 2 rings (SSSR count). The Morgan fingerprint density at radius 2 is 2.42 bits per heavy atom. The molecule has 12 heavy (non-hydrogen) atoms. The summed E-state index contributed by atoms with van der Waals surface area (Å²) in [6.45, 7) is 0. The molecule has 0 bridgehead atoms. The van der Waals surface area contributed by atoms with Crippen molar-refractivity contribution >= 4 is 22.6 Å². The fourth-order valence-electron chi connectivity index (χ4n) is 1.38. The lowest BCUT2D eigenvalue weighted by atomic mass is 10.1. The molecule has 0 saturated carbocycles. The first-order valence-electron chi connectivity index (χ1n) is 3.80. The van der Waals surface area contributed by atoms with Crippen molar-refractivity contribution in [3.63, 3.8) is 0 Å². The Morgan fingerprint density at radius 1 is 1.58 bits per heavy atom. The lowest BCUT2D eigenvalue weighted by Crippen LogP contribution is -2.13. The van der Waals surface area contributed by atoms with Crippen LogP contribution in [-0.4, -0.2) is 10.5 Å². The third-order valence-electron chi connectivity index (χ3n) is 1.94. The first kappa shape index (κ1) is 8.29. The normalized spacial score (nSPS) is 20.3. The number of fused-ring (bicyclic) bond motifs is 1. The third-order valence-corrected chi connectivity index (χ3v) is 2.92. The predicted octanol–water partition coefficient (Wildman–Crippen LogP) is 2.56. The SMILES string of the molecule is Fc1ccc2c(c1)C[C@H](CI)O2. The minimum atomic E-state index is -0.175. The van der Waals surface area contributed by atoms with Crippen molar-refractivity contribution in [2.45, 2.75) is 12.5 Å². The minimum Gasteiger partial charge on any atom is -0.489 e. The van der Waals surface area contributed by atoms with Gasteiger partial charge in [-0.05, 0) is 18.2 Å². The maximum Gasteiger partial charge on any atom is 0.123 e. The minimum absolute atomic E-state index is 0.175. The van der Waals surface area contributed by atoms with Crippen LogP contribution in [0.2, 0.25) is 0 Å². The summed E-state index contributed by atoms with van der Waals surface area (Å²) in [5.74, 6) is 0.671. The quantitative estimate of drug-likeness (QED) is 0.566. The summed E-state index contributed by atoms with van der Waals surface area (Å²) in [5, 5.41) is 0. The van der Waals surface area contributed by atoms with Crippen molar-refractivity contribution in [1.29, 1.82) is 0 Å². The second-order valence-electron chi connectivity index (χ2n) is 2.85. The van der Waals surface area contributed by atoms with Crippen molar-refractivity contribution in [3.05, 3.63) is 29.6 Å². The highest BCUT2D eigenvalue weighted by atomic mass is 127. The van der Waals surface area contributed by atoms with Crippen LogP contribution in [0.4, 0.5) is 4.39 Å². The van der Waals surface area contributed by atoms with Crippen LogP contribution in [0.1, 0.15) is 5.56 Å². The van der Waals surface area contributed by atoms with Gasteiger partial charge in [0.05, 0.1) is 0 Å². The zero-order valence-electron chi connectivity index (χ0n) is 6.39. The Kier molecular flexibility index (Phi) is 2.21. The van der Waals surface area contributed by atoms with E-state index in [0.29, 0.717) is 0 Å². The third kappa shape index (κ3) is 1.42. The smallest absolute Gasteiger partial charge is 0.123 e. The first-order valence-corrected chi connectivity index (χ1v) is 5.33. The van der Waals surface area contributed by atoms with Crippen LogP contribution in [0.15, 0.2) is 18.2 Å². The fourth-order valence-corrected chi connectivity index (χ4v) is 1.87. The Balaban J connectivity index is 2.30. The number of hydrogen-bond acceptors (Lipinski definition) is 1. The predicted molar refractivity (Wildman–Crippen MR) is 53.4 cm³/mol. The molecule has 0 amide bonds. The van der Waals surface area contributed by atoms with Crippen molar-refractivity contribution in [3.8, 4) is 5.75 Å². The highest BCUT2D eigenvalue weighted by Crippen LogP contribution is 2.29. The molecule has 1 aliphatic rings. The number of halogens is 2. The summed E-state index contributed by atoms with van der Waals surface area (Å²) >= 11 is 2.28. The van der Waals surface area contributed by atoms with Gasteiger partial charge in [-0.25, -0.2) is 4.39 Å². The molecule has 1 heterocycles. The van der Waals surface area contributed by atoms with Crippen molar-refractivity contribution in [2.75, 3.05) is 4.43 Å². The van der Waals surface area contributed by atoms with Gasteiger partial charge in [0.15, 0.2) is 0 Å². The molecule has 1 atom stereocenters. The summed E-state index contributed by atoms with van der Waals surface area (Å²) < 4.78 is 19.2. The number of hydrogen-bond donors (Lipinski definition) is 0. The van der Waals surface area contributed by atoms with Crippen LogP contribution in [0.3, 0.4) is 0 Å². The van der Waals surface area contributed by atoms with E-state index in [-0.39, 0.29) is 11.9 Å². The zero-order chi connectivity index (χ0) is 8.55. The number of rotatable bonds is 1. The number of ether oxygens (including phenoxy) is 1. The van der Waals surface area contributed by atoms with Gasteiger partial charge in [0, 0.05) is 16.4 Å². The van der Waals surface area contributed by atoms with Gasteiger partial charge in [-0.3, -0.25) is 0 Å². The first-order chi connectivity index (χ1) is 5.79. The number of benzene rings is 1. The Morgan fingerprint density at radius 3 is 3.17 bits per heavy atom. The molecule has 0 fully saturated rings. The van der Waals surface area contributed by atoms with Crippen LogP contribution in [0.25, 0.3) is 0 Å². The molecule has 3 heteroatoms. The van der Waals surface area contributed by atoms with Crippen molar-refractivity contribution in [1.82, 2.24) is 0 Å². The molecule has 0 unspecified atom stereocenters. The highest BCUT2D eigenvalue weighted by Gasteiger charge is 2.21. The molecule has 1 aromatic rings. The molecular weight excluding hydrogens is 270 g/mol. The summed E-state index contributed by atoms with van der Waals surface area (Å²) in [7, 11) is 0. The van der Waals surface area contributed by atoms with Crippen molar-refractivity contribution in [2.24, 2.45) is 0 Å². The van der Waals surface area contributed by atoms with E-state index in [0.717, 1.165) is 22.2 Å². The van der Waals surface area contributed by atoms with Gasteiger partial charge in [-0.2, -0.15) is 0 Å². The molecular formula is C9H8FIO. The molecule has 0 aromatic heterocycles. The van der Waals surface area contributed by atoms with E-state index in [1.165, 1.54) is 6.07 Å². The molecule has 1 aromatic carbocycles. The standard InChI is InChI=1S/C9H8FIO/c10-7-1-2-9-6(3-7)4-8(5-11)12-9/h1-3,8H,4-5H2/t8-/m1/s1. The van der Waals surface area contributed by atoms with E-state index >= 15 is 0 Å². The Hall–Kier alpha value is -0.320. The summed E-state index contributed by atoms with van der Waals surface area (Å²) in [5.41, 5.74) is 0.997. The molecule has 0 saturated heterocycles. The van der Waals surface area contributed by atoms with E-state index in [1.54, 1.807) is 12.1 Å². The maximum absolute atomic E-state index is 12.7. The number of alkyl halides is 1. The van der Waals surface area contributed by atoms with E-state index in [1.807, 2.05) is 0 Å². The van der Waals surface area contributed by atoms with Gasteiger partial charge < -0.3 is 4.74 Å². The summed E-state index contributed by atoms with van der Waals surface area (Å²) in [6, 6.07) is 4.70. The van der Waals surface area contributed by atoms with Crippen LogP contribution in [0.5, 0.6) is 5.75 Å². The largest absolute Gasteiger partial charge is 0.489 e. The Labute approximate surface area is 84.1 Å².